The maximum absolute atomic E-state index is 11.7. The molecule has 2 N–H and O–H groups in total. The van der Waals surface area contributed by atoms with Crippen molar-refractivity contribution >= 4 is 29.1 Å². The second-order valence-corrected chi connectivity index (χ2v) is 4.86. The second kappa shape index (κ2) is 5.64. The molecule has 1 amide bonds. The van der Waals surface area contributed by atoms with Crippen LogP contribution in [0.2, 0.25) is 0 Å². The number of thiophene rings is 1. The van der Waals surface area contributed by atoms with E-state index in [1.54, 1.807) is 23.6 Å². The molecular weight excluding hydrogens is 246 g/mol. The molecule has 0 aromatic carbocycles. The maximum atomic E-state index is 11.7. The van der Waals surface area contributed by atoms with Crippen molar-refractivity contribution in [3.05, 3.63) is 39.7 Å². The summed E-state index contributed by atoms with van der Waals surface area (Å²) < 4.78 is 0. The van der Waals surface area contributed by atoms with Crippen molar-refractivity contribution in [3.63, 3.8) is 0 Å². The molecule has 5 heteroatoms. The fourth-order valence-electron chi connectivity index (χ4n) is 1.56. The van der Waals surface area contributed by atoms with Crippen molar-refractivity contribution in [1.82, 2.24) is 10.2 Å². The predicted molar refractivity (Wildman–Crippen MR) is 74.7 cm³/mol. The summed E-state index contributed by atoms with van der Waals surface area (Å²) in [6.07, 6.45) is 5.93. The van der Waals surface area contributed by atoms with E-state index >= 15 is 0 Å². The summed E-state index contributed by atoms with van der Waals surface area (Å²) in [6.45, 7) is 4.05. The highest BCUT2D eigenvalue weighted by atomic mass is 32.1. The molecule has 0 saturated carbocycles. The number of anilines is 1. The summed E-state index contributed by atoms with van der Waals surface area (Å²) in [7, 11) is 0. The van der Waals surface area contributed by atoms with Gasteiger partial charge in [0.1, 0.15) is 5.82 Å². The molecule has 2 aromatic heterocycles. The number of aromatic nitrogens is 2. The number of carbonyl (C=O) groups is 1. The molecule has 0 spiro atoms. The SMILES string of the molecule is CCc1cn[nH]c1NC(=O)/C=C/c1sccc1C. The average molecular weight is 261 g/mol. The van der Waals surface area contributed by atoms with E-state index in [1.165, 1.54) is 5.56 Å². The minimum absolute atomic E-state index is 0.151. The Labute approximate surface area is 110 Å². The van der Waals surface area contributed by atoms with E-state index < -0.39 is 0 Å². The summed E-state index contributed by atoms with van der Waals surface area (Å²) in [4.78, 5) is 12.8. The highest BCUT2D eigenvalue weighted by Gasteiger charge is 2.05. The van der Waals surface area contributed by atoms with Crippen LogP contribution in [0, 0.1) is 6.92 Å². The zero-order chi connectivity index (χ0) is 13.0. The van der Waals surface area contributed by atoms with Gasteiger partial charge in [-0.2, -0.15) is 5.10 Å². The largest absolute Gasteiger partial charge is 0.307 e. The highest BCUT2D eigenvalue weighted by molar-refractivity contribution is 7.11. The molecule has 18 heavy (non-hydrogen) atoms. The Kier molecular flexibility index (Phi) is 3.94. The smallest absolute Gasteiger partial charge is 0.249 e. The van der Waals surface area contributed by atoms with Gasteiger partial charge in [-0.15, -0.1) is 11.3 Å². The van der Waals surface area contributed by atoms with E-state index in [-0.39, 0.29) is 5.91 Å². The predicted octanol–water partition coefficient (Wildman–Crippen LogP) is 2.99. The van der Waals surface area contributed by atoms with E-state index in [2.05, 4.69) is 15.5 Å². The van der Waals surface area contributed by atoms with Crippen molar-refractivity contribution in [2.24, 2.45) is 0 Å². The number of nitrogens with zero attached hydrogens (tertiary/aromatic N) is 1. The Hall–Kier alpha value is -1.88. The van der Waals surface area contributed by atoms with Gasteiger partial charge in [0.15, 0.2) is 0 Å². The lowest BCUT2D eigenvalue weighted by Crippen LogP contribution is -2.09. The first-order valence-corrected chi connectivity index (χ1v) is 6.64. The van der Waals surface area contributed by atoms with Gasteiger partial charge in [0.05, 0.1) is 6.20 Å². The Morgan fingerprint density at radius 3 is 3.11 bits per heavy atom. The highest BCUT2D eigenvalue weighted by Crippen LogP contribution is 2.17. The molecule has 2 aromatic rings. The number of aryl methyl sites for hydroxylation is 2. The Bertz CT molecular complexity index is 568. The number of hydrogen-bond acceptors (Lipinski definition) is 3. The molecule has 2 heterocycles. The summed E-state index contributed by atoms with van der Waals surface area (Å²) in [5, 5.41) is 11.5. The molecule has 2 rings (SSSR count). The van der Waals surface area contributed by atoms with Crippen molar-refractivity contribution in [2.75, 3.05) is 5.32 Å². The molecule has 4 nitrogen and oxygen atoms in total. The van der Waals surface area contributed by atoms with Gasteiger partial charge in [-0.05, 0) is 36.4 Å². The van der Waals surface area contributed by atoms with Crippen LogP contribution in [-0.2, 0) is 11.2 Å². The molecular formula is C13H15N3OS. The monoisotopic (exact) mass is 261 g/mol. The van der Waals surface area contributed by atoms with Crippen LogP contribution >= 0.6 is 11.3 Å². The van der Waals surface area contributed by atoms with Gasteiger partial charge in [-0.25, -0.2) is 0 Å². The molecule has 0 saturated heterocycles. The molecule has 94 valence electrons. The van der Waals surface area contributed by atoms with Crippen LogP contribution in [0.5, 0.6) is 0 Å². The number of H-pyrrole nitrogens is 1. The van der Waals surface area contributed by atoms with Gasteiger partial charge >= 0.3 is 0 Å². The zero-order valence-electron chi connectivity index (χ0n) is 10.4. The third kappa shape index (κ3) is 2.87. The summed E-state index contributed by atoms with van der Waals surface area (Å²) in [5.74, 6) is 0.525. The molecule has 0 radical (unpaired) electrons. The lowest BCUT2D eigenvalue weighted by atomic mass is 10.2. The van der Waals surface area contributed by atoms with Gasteiger partial charge < -0.3 is 5.32 Å². The molecule has 0 aliphatic rings. The Balaban J connectivity index is 2.01. The van der Waals surface area contributed by atoms with E-state index in [0.717, 1.165) is 16.9 Å². The van der Waals surface area contributed by atoms with Crippen molar-refractivity contribution in [3.8, 4) is 0 Å². The molecule has 0 aliphatic carbocycles. The van der Waals surface area contributed by atoms with E-state index in [1.807, 2.05) is 31.4 Å². The molecule has 0 fully saturated rings. The van der Waals surface area contributed by atoms with Crippen LogP contribution < -0.4 is 5.32 Å². The lowest BCUT2D eigenvalue weighted by Gasteiger charge is -2.00. The average Bonchev–Trinajstić information content (AvgIpc) is 2.95. The molecule has 0 aliphatic heterocycles. The third-order valence-corrected chi connectivity index (χ3v) is 3.62. The first-order valence-electron chi connectivity index (χ1n) is 5.76. The molecule has 0 bridgehead atoms. The summed E-state index contributed by atoms with van der Waals surface area (Å²) in [5.41, 5.74) is 2.18. The van der Waals surface area contributed by atoms with Crippen molar-refractivity contribution in [2.45, 2.75) is 20.3 Å². The number of nitrogens with one attached hydrogen (secondary N) is 2. The van der Waals surface area contributed by atoms with Gasteiger partial charge in [-0.1, -0.05) is 6.92 Å². The van der Waals surface area contributed by atoms with Crippen LogP contribution in [0.25, 0.3) is 6.08 Å². The Morgan fingerprint density at radius 1 is 1.61 bits per heavy atom. The van der Waals surface area contributed by atoms with Crippen LogP contribution in [-0.4, -0.2) is 16.1 Å². The second-order valence-electron chi connectivity index (χ2n) is 3.91. The number of amides is 1. The number of carbonyl (C=O) groups excluding carboxylic acids is 1. The third-order valence-electron chi connectivity index (χ3n) is 2.63. The van der Waals surface area contributed by atoms with Gasteiger partial charge in [0.25, 0.3) is 0 Å². The minimum atomic E-state index is -0.151. The summed E-state index contributed by atoms with van der Waals surface area (Å²) >= 11 is 1.62. The van der Waals surface area contributed by atoms with Crippen molar-refractivity contribution in [1.29, 1.82) is 0 Å². The first-order chi connectivity index (χ1) is 8.70. The van der Waals surface area contributed by atoms with Crippen LogP contribution in [0.3, 0.4) is 0 Å². The number of aromatic amines is 1. The Morgan fingerprint density at radius 2 is 2.44 bits per heavy atom. The van der Waals surface area contributed by atoms with Crippen LogP contribution in [0.1, 0.15) is 22.9 Å². The van der Waals surface area contributed by atoms with Crippen LogP contribution in [0.15, 0.2) is 23.7 Å². The van der Waals surface area contributed by atoms with E-state index in [0.29, 0.717) is 5.82 Å². The van der Waals surface area contributed by atoms with Gasteiger partial charge in [0.2, 0.25) is 5.91 Å². The molecule has 0 unspecified atom stereocenters. The van der Waals surface area contributed by atoms with Crippen molar-refractivity contribution < 1.29 is 4.79 Å². The fourth-order valence-corrected chi connectivity index (χ4v) is 2.38. The number of hydrogen-bond donors (Lipinski definition) is 2. The normalized spacial score (nSPS) is 11.0. The van der Waals surface area contributed by atoms with Gasteiger partial charge in [-0.3, -0.25) is 9.89 Å². The summed E-state index contributed by atoms with van der Waals surface area (Å²) in [6, 6.07) is 2.03. The van der Waals surface area contributed by atoms with Gasteiger partial charge in [0, 0.05) is 16.5 Å². The quantitative estimate of drug-likeness (QED) is 0.831. The lowest BCUT2D eigenvalue weighted by molar-refractivity contribution is -0.111. The fraction of sp³-hybridized carbons (Fsp3) is 0.231. The maximum Gasteiger partial charge on any atom is 0.249 e. The van der Waals surface area contributed by atoms with E-state index in [4.69, 9.17) is 0 Å². The topological polar surface area (TPSA) is 57.8 Å². The standard InChI is InChI=1S/C13H15N3OS/c1-3-10-8-14-16-13(10)15-12(17)5-4-11-9(2)6-7-18-11/h4-8H,3H2,1-2H3,(H2,14,15,16,17)/b5-4+. The minimum Gasteiger partial charge on any atom is -0.307 e. The first kappa shape index (κ1) is 12.6. The molecule has 0 atom stereocenters. The van der Waals surface area contributed by atoms with E-state index in [9.17, 15) is 4.79 Å². The van der Waals surface area contributed by atoms with Crippen LogP contribution in [0.4, 0.5) is 5.82 Å². The zero-order valence-corrected chi connectivity index (χ0v) is 11.2. The number of rotatable bonds is 4.